The lowest BCUT2D eigenvalue weighted by Gasteiger charge is -2.11. The summed E-state index contributed by atoms with van der Waals surface area (Å²) in [6.45, 7) is 1.83. The first kappa shape index (κ1) is 26.0. The molecule has 2 amide bonds. The normalized spacial score (nSPS) is 11.6. The molecule has 1 unspecified atom stereocenters. The topological polar surface area (TPSA) is 80.3 Å². The number of carbonyl (C=O) groups is 2. The van der Waals surface area contributed by atoms with E-state index in [1.165, 1.54) is 29.2 Å². The number of rotatable bonds is 8. The molecule has 4 aromatic rings. The molecule has 1 heterocycles. The number of amides is 2. The fraction of sp³-hybridized carbons (Fsp3) is 0.115. The maximum atomic E-state index is 12.7. The van der Waals surface area contributed by atoms with Crippen LogP contribution in [0.15, 0.2) is 77.0 Å². The predicted molar refractivity (Wildman–Crippen MR) is 149 cm³/mol. The van der Waals surface area contributed by atoms with E-state index in [1.807, 2.05) is 48.7 Å². The summed E-state index contributed by atoms with van der Waals surface area (Å²) in [5, 5.41) is 8.50. The molecule has 184 valence electrons. The summed E-state index contributed by atoms with van der Waals surface area (Å²) in [4.78, 5) is 30.6. The average molecular weight is 559 g/mol. The highest BCUT2D eigenvalue weighted by molar-refractivity contribution is 8.00. The third kappa shape index (κ3) is 6.59. The van der Waals surface area contributed by atoms with Crippen molar-refractivity contribution in [1.29, 1.82) is 0 Å². The summed E-state index contributed by atoms with van der Waals surface area (Å²) >= 11 is 14.8. The molecule has 0 radical (unpaired) electrons. The summed E-state index contributed by atoms with van der Waals surface area (Å²) in [5.41, 5.74) is 2.63. The molecule has 10 heteroatoms. The van der Waals surface area contributed by atoms with Gasteiger partial charge in [-0.3, -0.25) is 9.59 Å². The Hall–Kier alpha value is -3.04. The molecule has 0 saturated heterocycles. The number of anilines is 2. The van der Waals surface area contributed by atoms with Crippen molar-refractivity contribution in [3.8, 4) is 17.0 Å². The molecule has 3 aromatic carbocycles. The lowest BCUT2D eigenvalue weighted by Crippen LogP contribution is -2.22. The van der Waals surface area contributed by atoms with Crippen LogP contribution < -0.4 is 15.4 Å². The number of hydrogen-bond acceptors (Lipinski definition) is 6. The van der Waals surface area contributed by atoms with Crippen molar-refractivity contribution in [2.45, 2.75) is 17.1 Å². The van der Waals surface area contributed by atoms with Crippen LogP contribution in [0, 0.1) is 0 Å². The molecule has 0 saturated carbocycles. The van der Waals surface area contributed by atoms with Crippen LogP contribution in [0.4, 0.5) is 10.8 Å². The van der Waals surface area contributed by atoms with Gasteiger partial charge in [0.05, 0.1) is 28.6 Å². The summed E-state index contributed by atoms with van der Waals surface area (Å²) in [5.74, 6) is 0.262. The Bertz CT molecular complexity index is 1390. The largest absolute Gasteiger partial charge is 0.497 e. The third-order valence-electron chi connectivity index (χ3n) is 5.07. The lowest BCUT2D eigenvalue weighted by atomic mass is 10.2. The van der Waals surface area contributed by atoms with E-state index < -0.39 is 0 Å². The molecule has 0 spiro atoms. The first-order chi connectivity index (χ1) is 17.3. The minimum absolute atomic E-state index is 0.152. The molecule has 0 bridgehead atoms. The fourth-order valence-electron chi connectivity index (χ4n) is 3.20. The van der Waals surface area contributed by atoms with Gasteiger partial charge in [0.2, 0.25) is 5.91 Å². The number of nitrogens with one attached hydrogen (secondary N) is 2. The van der Waals surface area contributed by atoms with Crippen molar-refractivity contribution in [2.24, 2.45) is 0 Å². The highest BCUT2D eigenvalue weighted by Crippen LogP contribution is 2.30. The van der Waals surface area contributed by atoms with Crippen molar-refractivity contribution in [3.05, 3.63) is 87.7 Å². The van der Waals surface area contributed by atoms with Gasteiger partial charge in [0, 0.05) is 26.5 Å². The van der Waals surface area contributed by atoms with E-state index in [2.05, 4.69) is 15.6 Å². The van der Waals surface area contributed by atoms with Crippen LogP contribution in [0.25, 0.3) is 11.3 Å². The number of aromatic nitrogens is 1. The van der Waals surface area contributed by atoms with Crippen molar-refractivity contribution >= 4 is 68.9 Å². The van der Waals surface area contributed by atoms with Gasteiger partial charge in [0.1, 0.15) is 5.75 Å². The number of nitrogens with zero attached hydrogens (tertiary/aromatic N) is 1. The Balaban J connectivity index is 1.33. The van der Waals surface area contributed by atoms with E-state index in [9.17, 15) is 9.59 Å². The smallest absolute Gasteiger partial charge is 0.257 e. The Morgan fingerprint density at radius 3 is 2.53 bits per heavy atom. The van der Waals surface area contributed by atoms with Gasteiger partial charge in [-0.25, -0.2) is 4.98 Å². The summed E-state index contributed by atoms with van der Waals surface area (Å²) in [6, 6.07) is 19.6. The van der Waals surface area contributed by atoms with Crippen LogP contribution in [0.3, 0.4) is 0 Å². The lowest BCUT2D eigenvalue weighted by molar-refractivity contribution is -0.115. The monoisotopic (exact) mass is 557 g/mol. The van der Waals surface area contributed by atoms with E-state index in [0.29, 0.717) is 21.4 Å². The number of ether oxygens (including phenoxy) is 1. The maximum Gasteiger partial charge on any atom is 0.257 e. The number of halogens is 2. The van der Waals surface area contributed by atoms with Crippen LogP contribution in [0.1, 0.15) is 17.3 Å². The number of thioether (sulfide) groups is 1. The summed E-state index contributed by atoms with van der Waals surface area (Å²) in [6.07, 6.45) is 0. The van der Waals surface area contributed by atoms with Gasteiger partial charge in [-0.2, -0.15) is 0 Å². The molecular weight excluding hydrogens is 537 g/mol. The molecular formula is C26H21Cl2N3O3S2. The van der Waals surface area contributed by atoms with E-state index in [0.717, 1.165) is 21.9 Å². The Kier molecular flexibility index (Phi) is 8.53. The second-order valence-electron chi connectivity index (χ2n) is 7.62. The maximum absolute atomic E-state index is 12.7. The highest BCUT2D eigenvalue weighted by Gasteiger charge is 2.17. The molecule has 1 atom stereocenters. The van der Waals surface area contributed by atoms with Crippen molar-refractivity contribution < 1.29 is 14.3 Å². The van der Waals surface area contributed by atoms with Crippen molar-refractivity contribution in [2.75, 3.05) is 17.7 Å². The first-order valence-corrected chi connectivity index (χ1v) is 13.3. The van der Waals surface area contributed by atoms with Crippen LogP contribution in [-0.4, -0.2) is 29.2 Å². The first-order valence-electron chi connectivity index (χ1n) is 10.8. The zero-order valence-electron chi connectivity index (χ0n) is 19.2. The predicted octanol–water partition coefficient (Wildman–Crippen LogP) is 7.50. The van der Waals surface area contributed by atoms with Gasteiger partial charge in [0.25, 0.3) is 5.91 Å². The molecule has 1 aromatic heterocycles. The summed E-state index contributed by atoms with van der Waals surface area (Å²) < 4.78 is 5.26. The molecule has 36 heavy (non-hydrogen) atoms. The van der Waals surface area contributed by atoms with Gasteiger partial charge < -0.3 is 15.4 Å². The Morgan fingerprint density at radius 1 is 1.03 bits per heavy atom. The molecule has 4 rings (SSSR count). The molecule has 2 N–H and O–H groups in total. The fourth-order valence-corrected chi connectivity index (χ4v) is 5.28. The number of methoxy groups -OCH3 is 1. The van der Waals surface area contributed by atoms with Crippen molar-refractivity contribution in [3.63, 3.8) is 0 Å². The van der Waals surface area contributed by atoms with Crippen LogP contribution in [-0.2, 0) is 4.79 Å². The van der Waals surface area contributed by atoms with Crippen LogP contribution >= 0.6 is 46.3 Å². The van der Waals surface area contributed by atoms with Crippen molar-refractivity contribution in [1.82, 2.24) is 4.98 Å². The van der Waals surface area contributed by atoms with E-state index in [4.69, 9.17) is 27.9 Å². The SMILES string of the molecule is COc1cccc(-c2csc(NC(=O)C(C)Sc3ccc(NC(=O)c4ccc(Cl)cc4Cl)cc3)n2)c1. The minimum Gasteiger partial charge on any atom is -0.497 e. The molecule has 6 nitrogen and oxygen atoms in total. The minimum atomic E-state index is -0.359. The van der Waals surface area contributed by atoms with Crippen LogP contribution in [0.2, 0.25) is 10.0 Å². The Labute approximate surface area is 227 Å². The van der Waals surface area contributed by atoms with Crippen LogP contribution in [0.5, 0.6) is 5.75 Å². The van der Waals surface area contributed by atoms with Gasteiger partial charge in [0.15, 0.2) is 5.13 Å². The standard InChI is InChI=1S/C26H21Cl2N3O3S2/c1-15(24(32)31-26-30-23(14-35-26)16-4-3-5-19(12-16)34-2)36-20-9-7-18(8-10-20)29-25(33)21-11-6-17(27)13-22(21)28/h3-15H,1-2H3,(H,29,33)(H,30,31,32). The second kappa shape index (κ2) is 11.8. The summed E-state index contributed by atoms with van der Waals surface area (Å²) in [7, 11) is 1.62. The van der Waals surface area contributed by atoms with E-state index in [-0.39, 0.29) is 22.1 Å². The molecule has 0 aliphatic rings. The number of thiazole rings is 1. The van der Waals surface area contributed by atoms with Gasteiger partial charge >= 0.3 is 0 Å². The molecule has 0 aliphatic heterocycles. The van der Waals surface area contributed by atoms with Gasteiger partial charge in [-0.05, 0) is 61.5 Å². The highest BCUT2D eigenvalue weighted by atomic mass is 35.5. The van der Waals surface area contributed by atoms with Gasteiger partial charge in [-0.15, -0.1) is 23.1 Å². The quantitative estimate of drug-likeness (QED) is 0.219. The van der Waals surface area contributed by atoms with E-state index in [1.54, 1.807) is 31.4 Å². The molecule has 0 fully saturated rings. The zero-order chi connectivity index (χ0) is 25.7. The Morgan fingerprint density at radius 2 is 1.81 bits per heavy atom. The second-order valence-corrected chi connectivity index (χ2v) is 10.7. The number of benzene rings is 3. The van der Waals surface area contributed by atoms with E-state index >= 15 is 0 Å². The number of carbonyl (C=O) groups excluding carboxylic acids is 2. The average Bonchev–Trinajstić information content (AvgIpc) is 3.33. The molecule has 0 aliphatic carbocycles. The third-order valence-corrected chi connectivity index (χ3v) is 7.49. The van der Waals surface area contributed by atoms with Gasteiger partial charge in [-0.1, -0.05) is 35.3 Å². The number of hydrogen-bond donors (Lipinski definition) is 2. The zero-order valence-corrected chi connectivity index (χ0v) is 22.4.